The van der Waals surface area contributed by atoms with E-state index in [1.807, 2.05) is 0 Å². The fraction of sp³-hybridized carbons (Fsp3) is 0.412. The first-order valence-electron chi connectivity index (χ1n) is 8.68. The zero-order valence-corrected chi connectivity index (χ0v) is 16.8. The number of benzene rings is 1. The summed E-state index contributed by atoms with van der Waals surface area (Å²) in [6.07, 6.45) is -7.83. The third-order valence-corrected chi connectivity index (χ3v) is 4.60. The van der Waals surface area contributed by atoms with Crippen molar-refractivity contribution in [1.29, 1.82) is 0 Å². The highest BCUT2D eigenvalue weighted by molar-refractivity contribution is 6.14. The Morgan fingerprint density at radius 2 is 1.03 bits per heavy atom. The molecule has 0 bridgehead atoms. The molecule has 2 rings (SSSR count). The van der Waals surface area contributed by atoms with Gasteiger partial charge in [-0.2, -0.15) is 74.6 Å². The van der Waals surface area contributed by atoms with E-state index in [9.17, 15) is 84.2 Å². The van der Waals surface area contributed by atoms with Crippen LogP contribution in [0.15, 0.2) is 30.0 Å². The average molecular weight is 594 g/mol. The van der Waals surface area contributed by atoms with Gasteiger partial charge in [-0.15, -0.1) is 0 Å². The van der Waals surface area contributed by atoms with Crippen molar-refractivity contribution in [3.05, 3.63) is 41.2 Å². The summed E-state index contributed by atoms with van der Waals surface area (Å²) in [6, 6.07) is -2.66. The number of fused-ring (bicyclic) bond motifs is 1. The van der Waals surface area contributed by atoms with E-state index >= 15 is 0 Å². The zero-order valence-electron chi connectivity index (χ0n) is 16.8. The fourth-order valence-corrected chi connectivity index (χ4v) is 2.50. The standard InChI is InChI=1S/C17H3F17O4/c18-7(8(19)37-4-1-2-5-6(3-4)10(36)38-9(5)35)11(20,21)12(22,23)13(24,25)14(26,27)15(28,29)16(30,31)17(32,33)34/h1-3H. The number of esters is 2. The smallest absolute Gasteiger partial charge is 0.430 e. The minimum absolute atomic E-state index is 0.203. The van der Waals surface area contributed by atoms with Gasteiger partial charge < -0.3 is 9.47 Å². The highest BCUT2D eigenvalue weighted by Crippen LogP contribution is 2.63. The molecule has 1 heterocycles. The van der Waals surface area contributed by atoms with E-state index in [2.05, 4.69) is 9.47 Å². The molecule has 0 saturated carbocycles. The second kappa shape index (κ2) is 8.61. The van der Waals surface area contributed by atoms with Crippen LogP contribution in [0.25, 0.3) is 0 Å². The van der Waals surface area contributed by atoms with Crippen molar-refractivity contribution < 1.29 is 93.7 Å². The molecule has 0 aromatic heterocycles. The molecule has 4 nitrogen and oxygen atoms in total. The van der Waals surface area contributed by atoms with Crippen LogP contribution in [0, 0.1) is 0 Å². The number of allylic oxidation sites excluding steroid dienone is 1. The van der Waals surface area contributed by atoms with E-state index < -0.39 is 82.4 Å². The molecule has 1 aliphatic heterocycles. The lowest BCUT2D eigenvalue weighted by Gasteiger charge is -2.41. The lowest BCUT2D eigenvalue weighted by molar-refractivity contribution is -0.451. The van der Waals surface area contributed by atoms with Gasteiger partial charge in [0, 0.05) is 0 Å². The van der Waals surface area contributed by atoms with Crippen LogP contribution >= 0.6 is 0 Å². The van der Waals surface area contributed by atoms with Gasteiger partial charge in [-0.1, -0.05) is 0 Å². The van der Waals surface area contributed by atoms with Crippen LogP contribution in [0.4, 0.5) is 74.6 Å². The molecule has 1 aromatic rings. The lowest BCUT2D eigenvalue weighted by atomic mass is 9.91. The Morgan fingerprint density at radius 3 is 1.50 bits per heavy atom. The normalized spacial score (nSPS) is 16.8. The molecule has 0 aliphatic carbocycles. The zero-order chi connectivity index (χ0) is 30.1. The summed E-state index contributed by atoms with van der Waals surface area (Å²) in [5.41, 5.74) is -1.43. The highest BCUT2D eigenvalue weighted by atomic mass is 19.4. The summed E-state index contributed by atoms with van der Waals surface area (Å²) < 4.78 is 232. The molecule has 214 valence electrons. The van der Waals surface area contributed by atoms with Crippen molar-refractivity contribution in [1.82, 2.24) is 0 Å². The van der Waals surface area contributed by atoms with Gasteiger partial charge in [0.2, 0.25) is 5.83 Å². The Bertz CT molecular complexity index is 1180. The van der Waals surface area contributed by atoms with Crippen LogP contribution in [0.5, 0.6) is 5.75 Å². The predicted molar refractivity (Wildman–Crippen MR) is 81.8 cm³/mol. The van der Waals surface area contributed by atoms with Crippen LogP contribution in [-0.4, -0.2) is 53.7 Å². The summed E-state index contributed by atoms with van der Waals surface area (Å²) in [5.74, 6) is -58.9. The lowest BCUT2D eigenvalue weighted by Crippen LogP contribution is -2.72. The molecule has 38 heavy (non-hydrogen) atoms. The van der Waals surface area contributed by atoms with Crippen LogP contribution < -0.4 is 4.74 Å². The molecule has 0 saturated heterocycles. The molecular weight excluding hydrogens is 591 g/mol. The highest BCUT2D eigenvalue weighted by Gasteiger charge is 2.93. The first kappa shape index (κ1) is 30.9. The summed E-state index contributed by atoms with van der Waals surface area (Å²) in [7, 11) is 0. The SMILES string of the molecule is O=C1OC(=O)c2cc(OC(F)=C(F)C(F)(F)C(F)(F)C(F)(F)C(F)(F)C(F)(F)C(F)(F)C(F)(F)F)ccc21. The molecule has 0 amide bonds. The number of alkyl halides is 15. The molecule has 21 heteroatoms. The maximum atomic E-state index is 13.7. The summed E-state index contributed by atoms with van der Waals surface area (Å²) in [6.45, 7) is 0. The Balaban J connectivity index is 2.53. The molecule has 1 aromatic carbocycles. The van der Waals surface area contributed by atoms with E-state index in [0.717, 1.165) is 0 Å². The van der Waals surface area contributed by atoms with Crippen molar-refractivity contribution in [3.8, 4) is 5.75 Å². The molecule has 0 radical (unpaired) electrons. The quantitative estimate of drug-likeness (QED) is 0.143. The number of hydrogen-bond acceptors (Lipinski definition) is 4. The van der Waals surface area contributed by atoms with Crippen molar-refractivity contribution in [2.24, 2.45) is 0 Å². The first-order chi connectivity index (χ1) is 16.7. The van der Waals surface area contributed by atoms with E-state index in [1.54, 1.807) is 0 Å². The number of hydrogen-bond donors (Lipinski definition) is 0. The second-order valence-electron chi connectivity index (χ2n) is 7.02. The minimum atomic E-state index is -8.70. The fourth-order valence-electron chi connectivity index (χ4n) is 2.50. The molecule has 0 N–H and O–H groups in total. The van der Waals surface area contributed by atoms with Crippen LogP contribution in [0.2, 0.25) is 0 Å². The molecule has 0 fully saturated rings. The Hall–Kier alpha value is -3.29. The summed E-state index contributed by atoms with van der Waals surface area (Å²) in [4.78, 5) is 22.5. The van der Waals surface area contributed by atoms with Crippen molar-refractivity contribution in [3.63, 3.8) is 0 Å². The molecular formula is C17H3F17O4. The number of ether oxygens (including phenoxy) is 2. The van der Waals surface area contributed by atoms with E-state index in [-0.39, 0.29) is 6.07 Å². The van der Waals surface area contributed by atoms with Gasteiger partial charge in [0.15, 0.2) is 0 Å². The Morgan fingerprint density at radius 1 is 0.605 bits per heavy atom. The number of cyclic esters (lactones) is 2. The van der Waals surface area contributed by atoms with Crippen molar-refractivity contribution in [2.75, 3.05) is 0 Å². The van der Waals surface area contributed by atoms with Crippen LogP contribution in [-0.2, 0) is 4.74 Å². The number of rotatable bonds is 8. The summed E-state index contributed by atoms with van der Waals surface area (Å²) >= 11 is 0. The number of carbonyl (C=O) groups excluding carboxylic acids is 2. The van der Waals surface area contributed by atoms with Gasteiger partial charge in [0.1, 0.15) is 5.75 Å². The maximum absolute atomic E-state index is 13.7. The van der Waals surface area contributed by atoms with Gasteiger partial charge in [0.05, 0.1) is 11.1 Å². The van der Waals surface area contributed by atoms with Gasteiger partial charge in [-0.05, 0) is 18.2 Å². The Labute approximate surface area is 195 Å². The number of halogens is 17. The third-order valence-electron chi connectivity index (χ3n) is 4.60. The Kier molecular flexibility index (Phi) is 7.01. The van der Waals surface area contributed by atoms with Crippen LogP contribution in [0.1, 0.15) is 20.7 Å². The topological polar surface area (TPSA) is 52.6 Å². The van der Waals surface area contributed by atoms with Gasteiger partial charge in [-0.25, -0.2) is 9.59 Å². The van der Waals surface area contributed by atoms with Gasteiger partial charge in [0.25, 0.3) is 0 Å². The third kappa shape index (κ3) is 4.09. The molecule has 0 atom stereocenters. The molecule has 0 spiro atoms. The summed E-state index contributed by atoms with van der Waals surface area (Å²) in [5, 5.41) is 0. The minimum Gasteiger partial charge on any atom is -0.430 e. The molecule has 1 aliphatic rings. The van der Waals surface area contributed by atoms with Crippen LogP contribution in [0.3, 0.4) is 0 Å². The van der Waals surface area contributed by atoms with Crippen molar-refractivity contribution in [2.45, 2.75) is 41.7 Å². The van der Waals surface area contributed by atoms with E-state index in [1.165, 1.54) is 0 Å². The first-order valence-corrected chi connectivity index (χ1v) is 8.68. The monoisotopic (exact) mass is 594 g/mol. The van der Waals surface area contributed by atoms with Crippen molar-refractivity contribution >= 4 is 11.9 Å². The van der Waals surface area contributed by atoms with E-state index in [0.29, 0.717) is 12.1 Å². The molecule has 0 unspecified atom stereocenters. The predicted octanol–water partition coefficient (Wildman–Crippen LogP) is 6.86. The second-order valence-corrected chi connectivity index (χ2v) is 7.02. The average Bonchev–Trinajstić information content (AvgIpc) is 3.04. The largest absolute Gasteiger partial charge is 0.460 e. The van der Waals surface area contributed by atoms with Gasteiger partial charge >= 0.3 is 59.7 Å². The maximum Gasteiger partial charge on any atom is 0.460 e. The van der Waals surface area contributed by atoms with Gasteiger partial charge in [-0.3, -0.25) is 0 Å². The van der Waals surface area contributed by atoms with E-state index in [4.69, 9.17) is 0 Å². The number of carbonyl (C=O) groups is 2.